The lowest BCUT2D eigenvalue weighted by molar-refractivity contribution is 0.600. The van der Waals surface area contributed by atoms with Crippen molar-refractivity contribution >= 4 is 38.9 Å². The molecule has 0 atom stereocenters. The molecule has 0 unspecified atom stereocenters. The first-order valence-electron chi connectivity index (χ1n) is 11.1. The third-order valence-corrected chi connectivity index (χ3v) is 6.98. The molecule has 0 fully saturated rings. The van der Waals surface area contributed by atoms with Gasteiger partial charge in [-0.25, -0.2) is 23.4 Å². The Morgan fingerprint density at radius 1 is 0.657 bits per heavy atom. The van der Waals surface area contributed by atoms with Gasteiger partial charge in [0, 0.05) is 23.6 Å². The fraction of sp³-hybridized carbons (Fsp3) is 0.192. The largest absolute Gasteiger partial charge is 0.340 e. The minimum atomic E-state index is -3.71. The van der Waals surface area contributed by atoms with Crippen molar-refractivity contribution < 1.29 is 8.42 Å². The standard InChI is InChI=1S/C26H28N6O2S/c1-16-10-11-27-23(14-16)31-25-15-24(28-20(5)29-25)30-21-6-8-22(9-7-21)32-35(33,34)26-18(3)12-17(2)13-19(26)4/h6-15,32H,1-5H3,(H2,27,28,29,30,31). The molecule has 0 saturated carbocycles. The average Bonchev–Trinajstić information content (AvgIpc) is 2.73. The molecule has 8 nitrogen and oxygen atoms in total. The average molecular weight is 489 g/mol. The topological polar surface area (TPSA) is 109 Å². The van der Waals surface area contributed by atoms with Crippen molar-refractivity contribution in [1.82, 2.24) is 15.0 Å². The zero-order valence-corrected chi connectivity index (χ0v) is 21.2. The molecular formula is C26H28N6O2S. The van der Waals surface area contributed by atoms with E-state index in [1.165, 1.54) is 0 Å². The van der Waals surface area contributed by atoms with E-state index in [1.807, 2.05) is 58.9 Å². The van der Waals surface area contributed by atoms with E-state index < -0.39 is 10.0 Å². The maximum atomic E-state index is 13.0. The van der Waals surface area contributed by atoms with Gasteiger partial charge in [-0.15, -0.1) is 0 Å². The lowest BCUT2D eigenvalue weighted by Gasteiger charge is -2.14. The number of sulfonamides is 1. The molecule has 4 aromatic rings. The number of aryl methyl sites for hydroxylation is 5. The van der Waals surface area contributed by atoms with Crippen LogP contribution in [0.2, 0.25) is 0 Å². The van der Waals surface area contributed by atoms with E-state index in [-0.39, 0.29) is 0 Å². The monoisotopic (exact) mass is 488 g/mol. The van der Waals surface area contributed by atoms with Crippen LogP contribution in [0.3, 0.4) is 0 Å². The van der Waals surface area contributed by atoms with Crippen LogP contribution in [-0.2, 0) is 10.0 Å². The summed E-state index contributed by atoms with van der Waals surface area (Å²) in [5, 5.41) is 6.44. The predicted octanol–water partition coefficient (Wildman–Crippen LogP) is 5.70. The van der Waals surface area contributed by atoms with Crippen LogP contribution in [0.5, 0.6) is 0 Å². The molecule has 2 heterocycles. The number of nitrogens with zero attached hydrogens (tertiary/aromatic N) is 3. The highest BCUT2D eigenvalue weighted by Gasteiger charge is 2.20. The molecule has 0 radical (unpaired) electrons. The van der Waals surface area contributed by atoms with Crippen molar-refractivity contribution in [3.05, 3.63) is 88.9 Å². The first-order valence-corrected chi connectivity index (χ1v) is 12.6. The second kappa shape index (κ2) is 9.71. The van der Waals surface area contributed by atoms with Crippen LogP contribution in [0.15, 0.2) is 65.7 Å². The maximum absolute atomic E-state index is 13.0. The Hall–Kier alpha value is -3.98. The minimum absolute atomic E-state index is 0.310. The summed E-state index contributed by atoms with van der Waals surface area (Å²) >= 11 is 0. The number of hydrogen-bond donors (Lipinski definition) is 3. The van der Waals surface area contributed by atoms with Crippen molar-refractivity contribution in [2.45, 2.75) is 39.5 Å². The molecule has 0 bridgehead atoms. The summed E-state index contributed by atoms with van der Waals surface area (Å²) in [5.74, 6) is 2.52. The molecule has 9 heteroatoms. The molecule has 0 aliphatic rings. The van der Waals surface area contributed by atoms with E-state index in [0.717, 1.165) is 27.9 Å². The summed E-state index contributed by atoms with van der Waals surface area (Å²) in [6, 6.07) is 16.4. The Balaban J connectivity index is 1.49. The molecule has 2 aromatic heterocycles. The highest BCUT2D eigenvalue weighted by Crippen LogP contribution is 2.26. The smallest absolute Gasteiger partial charge is 0.262 e. The zero-order valence-electron chi connectivity index (χ0n) is 20.3. The van der Waals surface area contributed by atoms with Gasteiger partial charge in [0.2, 0.25) is 0 Å². The Morgan fingerprint density at radius 3 is 1.89 bits per heavy atom. The number of aromatic nitrogens is 3. The van der Waals surface area contributed by atoms with Gasteiger partial charge < -0.3 is 10.6 Å². The number of pyridine rings is 1. The van der Waals surface area contributed by atoms with E-state index in [4.69, 9.17) is 0 Å². The van der Waals surface area contributed by atoms with Crippen molar-refractivity contribution in [3.63, 3.8) is 0 Å². The fourth-order valence-electron chi connectivity index (χ4n) is 4.00. The van der Waals surface area contributed by atoms with Crippen LogP contribution < -0.4 is 15.4 Å². The van der Waals surface area contributed by atoms with Crippen LogP contribution >= 0.6 is 0 Å². The van der Waals surface area contributed by atoms with E-state index in [1.54, 1.807) is 36.5 Å². The number of rotatable bonds is 7. The number of benzene rings is 2. The lowest BCUT2D eigenvalue weighted by atomic mass is 10.1. The first kappa shape index (κ1) is 24.2. The molecule has 3 N–H and O–H groups in total. The van der Waals surface area contributed by atoms with Crippen molar-refractivity contribution in [2.75, 3.05) is 15.4 Å². The highest BCUT2D eigenvalue weighted by atomic mass is 32.2. The summed E-state index contributed by atoms with van der Waals surface area (Å²) < 4.78 is 28.7. The minimum Gasteiger partial charge on any atom is -0.340 e. The zero-order chi connectivity index (χ0) is 25.2. The molecule has 0 aliphatic heterocycles. The molecule has 35 heavy (non-hydrogen) atoms. The van der Waals surface area contributed by atoms with Crippen LogP contribution in [0.4, 0.5) is 28.8 Å². The van der Waals surface area contributed by atoms with Crippen molar-refractivity contribution in [2.24, 2.45) is 0 Å². The Labute approximate surface area is 205 Å². The molecule has 0 aliphatic carbocycles. The third-order valence-electron chi connectivity index (χ3n) is 5.29. The van der Waals surface area contributed by atoms with Gasteiger partial charge in [-0.2, -0.15) is 0 Å². The van der Waals surface area contributed by atoms with Crippen LogP contribution in [0.1, 0.15) is 28.1 Å². The SMILES string of the molecule is Cc1ccnc(Nc2cc(Nc3ccc(NS(=O)(=O)c4c(C)cc(C)cc4C)cc3)nc(C)n2)c1. The lowest BCUT2D eigenvalue weighted by Crippen LogP contribution is -2.16. The number of hydrogen-bond acceptors (Lipinski definition) is 7. The molecular weight excluding hydrogens is 460 g/mol. The third kappa shape index (κ3) is 5.93. The van der Waals surface area contributed by atoms with Gasteiger partial charge in [0.05, 0.1) is 4.90 Å². The molecule has 4 rings (SSSR count). The van der Waals surface area contributed by atoms with Gasteiger partial charge >= 0.3 is 0 Å². The van der Waals surface area contributed by atoms with Gasteiger partial charge in [-0.1, -0.05) is 17.7 Å². The van der Waals surface area contributed by atoms with E-state index >= 15 is 0 Å². The van der Waals surface area contributed by atoms with Gasteiger partial charge in [0.15, 0.2) is 0 Å². The summed E-state index contributed by atoms with van der Waals surface area (Å²) in [6.45, 7) is 9.38. The Morgan fingerprint density at radius 2 is 1.26 bits per heavy atom. The van der Waals surface area contributed by atoms with Gasteiger partial charge in [-0.05, 0) is 87.7 Å². The number of anilines is 5. The Bertz CT molecular complexity index is 1460. The van der Waals surface area contributed by atoms with Gasteiger partial charge in [0.25, 0.3) is 10.0 Å². The summed E-state index contributed by atoms with van der Waals surface area (Å²) in [5.41, 5.74) is 4.79. The van der Waals surface area contributed by atoms with E-state index in [0.29, 0.717) is 33.9 Å². The van der Waals surface area contributed by atoms with Crippen LogP contribution in [-0.4, -0.2) is 23.4 Å². The summed E-state index contributed by atoms with van der Waals surface area (Å²) in [4.78, 5) is 13.5. The fourth-order valence-corrected chi connectivity index (χ4v) is 5.51. The number of nitrogens with one attached hydrogen (secondary N) is 3. The van der Waals surface area contributed by atoms with Gasteiger partial charge in [0.1, 0.15) is 23.3 Å². The highest BCUT2D eigenvalue weighted by molar-refractivity contribution is 7.92. The van der Waals surface area contributed by atoms with Crippen molar-refractivity contribution in [3.8, 4) is 0 Å². The summed E-state index contributed by atoms with van der Waals surface area (Å²) in [6.07, 6.45) is 1.74. The second-order valence-electron chi connectivity index (χ2n) is 8.56. The molecule has 0 amide bonds. The van der Waals surface area contributed by atoms with Crippen LogP contribution in [0.25, 0.3) is 0 Å². The molecule has 0 spiro atoms. The maximum Gasteiger partial charge on any atom is 0.262 e. The first-order chi connectivity index (χ1) is 16.6. The Kier molecular flexibility index (Phi) is 6.70. The van der Waals surface area contributed by atoms with Gasteiger partial charge in [-0.3, -0.25) is 4.72 Å². The normalized spacial score (nSPS) is 11.2. The molecule has 180 valence electrons. The van der Waals surface area contributed by atoms with Crippen LogP contribution in [0, 0.1) is 34.6 Å². The quantitative estimate of drug-likeness (QED) is 0.306. The molecule has 2 aromatic carbocycles. The molecule has 0 saturated heterocycles. The van der Waals surface area contributed by atoms with E-state index in [9.17, 15) is 8.42 Å². The van der Waals surface area contributed by atoms with E-state index in [2.05, 4.69) is 30.3 Å². The van der Waals surface area contributed by atoms with Crippen molar-refractivity contribution in [1.29, 1.82) is 0 Å². The second-order valence-corrected chi connectivity index (χ2v) is 10.2. The predicted molar refractivity (Wildman–Crippen MR) is 140 cm³/mol. The summed E-state index contributed by atoms with van der Waals surface area (Å²) in [7, 11) is -3.71.